The molecule has 0 aliphatic heterocycles. The number of anilines is 1. The van der Waals surface area contributed by atoms with Gasteiger partial charge in [-0.25, -0.2) is 0 Å². The lowest BCUT2D eigenvalue weighted by atomic mass is 10.0. The van der Waals surface area contributed by atoms with Gasteiger partial charge in [0, 0.05) is 12.1 Å². The second-order valence-electron chi connectivity index (χ2n) is 4.19. The summed E-state index contributed by atoms with van der Waals surface area (Å²) in [5.74, 6) is -1.98. The molecule has 0 unspecified atom stereocenters. The minimum absolute atomic E-state index is 0.110. The first-order valence-corrected chi connectivity index (χ1v) is 6.59. The summed E-state index contributed by atoms with van der Waals surface area (Å²) in [5, 5.41) is 11.8. The average Bonchev–Trinajstić information content (AvgIpc) is 2.46. The highest BCUT2D eigenvalue weighted by Crippen LogP contribution is 2.27. The Morgan fingerprint density at radius 3 is 2.81 bits per heavy atom. The molecule has 1 atom stereocenters. The molecule has 1 aromatic rings. The molecule has 1 aromatic carbocycles. The highest BCUT2D eigenvalue weighted by Gasteiger charge is 2.25. The van der Waals surface area contributed by atoms with Crippen LogP contribution in [0.4, 0.5) is 5.69 Å². The molecule has 0 saturated heterocycles. The van der Waals surface area contributed by atoms with Crippen molar-refractivity contribution in [2.75, 3.05) is 12.4 Å². The number of nitrogens with one attached hydrogen (secondary N) is 1. The summed E-state index contributed by atoms with van der Waals surface area (Å²) in [6.45, 7) is 3.49. The van der Waals surface area contributed by atoms with Gasteiger partial charge in [0.2, 0.25) is 5.91 Å². The number of hydrogen-bond donors (Lipinski definition) is 1. The van der Waals surface area contributed by atoms with Gasteiger partial charge in [0.25, 0.3) is 0 Å². The Hall–Kier alpha value is -2.32. The second-order valence-corrected chi connectivity index (χ2v) is 4.60. The Morgan fingerprint density at radius 1 is 1.57 bits per heavy atom. The SMILES string of the molecule is C=CCCC(=O)[C@H](C#N)C(=O)Nc1ccc(OC)c(Cl)c1. The van der Waals surface area contributed by atoms with E-state index in [9.17, 15) is 9.59 Å². The third-order valence-electron chi connectivity index (χ3n) is 2.73. The fourth-order valence-electron chi connectivity index (χ4n) is 1.62. The van der Waals surface area contributed by atoms with Crippen molar-refractivity contribution >= 4 is 29.0 Å². The molecule has 5 nitrogen and oxygen atoms in total. The van der Waals surface area contributed by atoms with E-state index < -0.39 is 17.6 Å². The van der Waals surface area contributed by atoms with Crippen LogP contribution in [-0.2, 0) is 9.59 Å². The molecule has 0 fully saturated rings. The van der Waals surface area contributed by atoms with Crippen LogP contribution in [0.25, 0.3) is 0 Å². The van der Waals surface area contributed by atoms with Crippen LogP contribution in [-0.4, -0.2) is 18.8 Å². The van der Waals surface area contributed by atoms with Gasteiger partial charge in [-0.2, -0.15) is 5.26 Å². The Balaban J connectivity index is 2.79. The molecule has 1 rings (SSSR count). The molecule has 1 amide bonds. The summed E-state index contributed by atoms with van der Waals surface area (Å²) in [4.78, 5) is 23.7. The first-order valence-electron chi connectivity index (χ1n) is 6.21. The summed E-state index contributed by atoms with van der Waals surface area (Å²) in [7, 11) is 1.48. The van der Waals surface area contributed by atoms with E-state index in [1.807, 2.05) is 0 Å². The number of halogens is 1. The summed E-state index contributed by atoms with van der Waals surface area (Å²) in [6, 6.07) is 6.36. The number of carbonyl (C=O) groups is 2. The number of nitriles is 1. The number of hydrogen-bond acceptors (Lipinski definition) is 4. The number of benzene rings is 1. The fraction of sp³-hybridized carbons (Fsp3) is 0.267. The highest BCUT2D eigenvalue weighted by atomic mass is 35.5. The summed E-state index contributed by atoms with van der Waals surface area (Å²) >= 11 is 5.94. The predicted molar refractivity (Wildman–Crippen MR) is 80.2 cm³/mol. The van der Waals surface area contributed by atoms with Crippen LogP contribution in [0.2, 0.25) is 5.02 Å². The lowest BCUT2D eigenvalue weighted by Gasteiger charge is -2.10. The molecule has 0 bridgehead atoms. The van der Waals surface area contributed by atoms with Crippen LogP contribution in [0.1, 0.15) is 12.8 Å². The quantitative estimate of drug-likeness (QED) is 0.620. The van der Waals surface area contributed by atoms with Crippen molar-refractivity contribution in [1.82, 2.24) is 0 Å². The van der Waals surface area contributed by atoms with E-state index >= 15 is 0 Å². The maximum atomic E-state index is 12.0. The van der Waals surface area contributed by atoms with E-state index in [2.05, 4.69) is 11.9 Å². The van der Waals surface area contributed by atoms with Crippen molar-refractivity contribution in [3.05, 3.63) is 35.9 Å². The largest absolute Gasteiger partial charge is 0.495 e. The van der Waals surface area contributed by atoms with Gasteiger partial charge in [0.1, 0.15) is 5.75 Å². The monoisotopic (exact) mass is 306 g/mol. The first-order chi connectivity index (χ1) is 10.0. The summed E-state index contributed by atoms with van der Waals surface area (Å²) in [5.41, 5.74) is 0.391. The zero-order chi connectivity index (χ0) is 15.8. The van der Waals surface area contributed by atoms with Crippen molar-refractivity contribution in [1.29, 1.82) is 5.26 Å². The Kier molecular flexibility index (Phi) is 6.44. The van der Waals surface area contributed by atoms with Crippen LogP contribution < -0.4 is 10.1 Å². The van der Waals surface area contributed by atoms with Crippen molar-refractivity contribution in [3.63, 3.8) is 0 Å². The number of Topliss-reactive ketones (excluding diaryl/α,β-unsaturated/α-hetero) is 1. The number of ketones is 1. The van der Waals surface area contributed by atoms with E-state index in [4.69, 9.17) is 21.6 Å². The summed E-state index contributed by atoms with van der Waals surface area (Å²) < 4.78 is 5.00. The zero-order valence-corrected chi connectivity index (χ0v) is 12.3. The molecular weight excluding hydrogens is 292 g/mol. The molecule has 21 heavy (non-hydrogen) atoms. The molecule has 0 radical (unpaired) electrons. The van der Waals surface area contributed by atoms with Crippen molar-refractivity contribution < 1.29 is 14.3 Å². The number of allylic oxidation sites excluding steroid dienone is 1. The van der Waals surface area contributed by atoms with Gasteiger partial charge >= 0.3 is 0 Å². The van der Waals surface area contributed by atoms with Crippen LogP contribution in [0, 0.1) is 17.2 Å². The average molecular weight is 307 g/mol. The van der Waals surface area contributed by atoms with Crippen molar-refractivity contribution in [2.24, 2.45) is 5.92 Å². The normalized spacial score (nSPS) is 11.1. The van der Waals surface area contributed by atoms with Crippen molar-refractivity contribution in [2.45, 2.75) is 12.8 Å². The lowest BCUT2D eigenvalue weighted by molar-refractivity contribution is -0.128. The molecule has 110 valence electrons. The molecule has 6 heteroatoms. The van der Waals surface area contributed by atoms with Crippen LogP contribution in [0.3, 0.4) is 0 Å². The number of amides is 1. The van der Waals surface area contributed by atoms with E-state index in [-0.39, 0.29) is 6.42 Å². The number of nitrogens with zero attached hydrogens (tertiary/aromatic N) is 1. The van der Waals surface area contributed by atoms with Crippen LogP contribution in [0.15, 0.2) is 30.9 Å². The molecule has 0 spiro atoms. The van der Waals surface area contributed by atoms with Gasteiger partial charge in [-0.1, -0.05) is 17.7 Å². The standard InChI is InChI=1S/C15H15ClN2O3/c1-3-4-5-13(19)11(9-17)15(20)18-10-6-7-14(21-2)12(16)8-10/h3,6-8,11H,1,4-5H2,2H3,(H,18,20)/t11-/m0/s1. The van der Waals surface area contributed by atoms with E-state index in [1.165, 1.54) is 13.2 Å². The van der Waals surface area contributed by atoms with Gasteiger partial charge in [-0.05, 0) is 24.6 Å². The number of rotatable bonds is 7. The lowest BCUT2D eigenvalue weighted by Crippen LogP contribution is -2.28. The Morgan fingerprint density at radius 2 is 2.29 bits per heavy atom. The first kappa shape index (κ1) is 16.7. The molecule has 0 saturated carbocycles. The second kappa shape index (κ2) is 8.08. The van der Waals surface area contributed by atoms with Gasteiger partial charge in [0.05, 0.1) is 18.2 Å². The minimum Gasteiger partial charge on any atom is -0.495 e. The number of methoxy groups -OCH3 is 1. The van der Waals surface area contributed by atoms with Crippen LogP contribution >= 0.6 is 11.6 Å². The molecule has 0 aromatic heterocycles. The minimum atomic E-state index is -1.34. The smallest absolute Gasteiger partial charge is 0.249 e. The molecule has 0 aliphatic rings. The molecule has 0 heterocycles. The van der Waals surface area contributed by atoms with Gasteiger partial charge in [-0.15, -0.1) is 6.58 Å². The molecular formula is C15H15ClN2O3. The summed E-state index contributed by atoms with van der Waals surface area (Å²) in [6.07, 6.45) is 2.10. The Labute approximate surface area is 128 Å². The topological polar surface area (TPSA) is 79.2 Å². The van der Waals surface area contributed by atoms with Gasteiger partial charge in [0.15, 0.2) is 11.7 Å². The van der Waals surface area contributed by atoms with E-state index in [0.29, 0.717) is 22.9 Å². The highest BCUT2D eigenvalue weighted by molar-refractivity contribution is 6.32. The van der Waals surface area contributed by atoms with E-state index in [1.54, 1.807) is 24.3 Å². The molecule has 0 aliphatic carbocycles. The zero-order valence-electron chi connectivity index (χ0n) is 11.6. The van der Waals surface area contributed by atoms with E-state index in [0.717, 1.165) is 0 Å². The van der Waals surface area contributed by atoms with Gasteiger partial charge < -0.3 is 10.1 Å². The fourth-order valence-corrected chi connectivity index (χ4v) is 1.88. The van der Waals surface area contributed by atoms with Crippen molar-refractivity contribution in [3.8, 4) is 11.8 Å². The number of ether oxygens (including phenoxy) is 1. The third-order valence-corrected chi connectivity index (χ3v) is 3.02. The molecule has 1 N–H and O–H groups in total. The third kappa shape index (κ3) is 4.62. The Bertz CT molecular complexity index is 593. The van der Waals surface area contributed by atoms with Gasteiger partial charge in [-0.3, -0.25) is 9.59 Å². The maximum Gasteiger partial charge on any atom is 0.249 e. The predicted octanol–water partition coefficient (Wildman–Crippen LogP) is 2.96. The van der Waals surface area contributed by atoms with Crippen LogP contribution in [0.5, 0.6) is 5.75 Å². The maximum absolute atomic E-state index is 12.0. The number of carbonyl (C=O) groups excluding carboxylic acids is 2.